The van der Waals surface area contributed by atoms with E-state index in [-0.39, 0.29) is 23.1 Å². The number of nitrogens with zero attached hydrogens (tertiary/aromatic N) is 1. The third-order valence-corrected chi connectivity index (χ3v) is 5.55. The fourth-order valence-corrected chi connectivity index (χ4v) is 3.98. The molecule has 0 saturated carbocycles. The zero-order chi connectivity index (χ0) is 21.4. The fourth-order valence-electron chi connectivity index (χ4n) is 2.57. The topological polar surface area (TPSA) is 102 Å². The van der Waals surface area contributed by atoms with Gasteiger partial charge in [-0.15, -0.1) is 0 Å². The average molecular weight is 420 g/mol. The third kappa shape index (κ3) is 5.95. The molecule has 0 bridgehead atoms. The van der Waals surface area contributed by atoms with Crippen molar-refractivity contribution in [2.75, 3.05) is 29.4 Å². The maximum Gasteiger partial charge on any atom is 0.326 e. The molecule has 2 rings (SSSR count). The molecule has 0 aromatic heterocycles. The molecule has 1 amide bonds. The molecule has 0 heterocycles. The van der Waals surface area contributed by atoms with E-state index >= 15 is 0 Å². The molecule has 0 aliphatic rings. The van der Waals surface area contributed by atoms with E-state index in [0.29, 0.717) is 18.0 Å². The van der Waals surface area contributed by atoms with Crippen LogP contribution in [0.2, 0.25) is 0 Å². The molecule has 2 aromatic rings. The number of ether oxygens (including phenoxy) is 2. The summed E-state index contributed by atoms with van der Waals surface area (Å²) in [5, 5.41) is 2.58. The van der Waals surface area contributed by atoms with Crippen LogP contribution in [-0.2, 0) is 24.3 Å². The second-order valence-corrected chi connectivity index (χ2v) is 7.81. The van der Waals surface area contributed by atoms with E-state index in [1.54, 1.807) is 31.2 Å². The van der Waals surface area contributed by atoms with Crippen molar-refractivity contribution >= 4 is 33.3 Å². The largest absolute Gasteiger partial charge is 0.494 e. The first-order valence-corrected chi connectivity index (χ1v) is 10.5. The van der Waals surface area contributed by atoms with E-state index in [9.17, 15) is 18.0 Å². The number of carbonyl (C=O) groups excluding carboxylic acids is 2. The first-order valence-electron chi connectivity index (χ1n) is 9.06. The normalized spacial score (nSPS) is 10.9. The molecule has 0 saturated heterocycles. The van der Waals surface area contributed by atoms with E-state index in [0.717, 1.165) is 4.31 Å². The molecular weight excluding hydrogens is 396 g/mol. The highest BCUT2D eigenvalue weighted by molar-refractivity contribution is 7.92. The number of carbonyl (C=O) groups is 2. The molecule has 2 aromatic carbocycles. The number of rotatable bonds is 9. The summed E-state index contributed by atoms with van der Waals surface area (Å²) in [5.74, 6) is -0.458. The van der Waals surface area contributed by atoms with Crippen LogP contribution in [0.15, 0.2) is 53.4 Å². The monoisotopic (exact) mass is 420 g/mol. The van der Waals surface area contributed by atoms with Crippen molar-refractivity contribution in [2.24, 2.45) is 0 Å². The van der Waals surface area contributed by atoms with E-state index in [1.165, 1.54) is 31.2 Å². The quantitative estimate of drug-likeness (QED) is 0.626. The van der Waals surface area contributed by atoms with Gasteiger partial charge in [-0.25, -0.2) is 8.42 Å². The number of hydrogen-bond donors (Lipinski definition) is 1. The minimum Gasteiger partial charge on any atom is -0.494 e. The number of sulfonamides is 1. The van der Waals surface area contributed by atoms with Crippen LogP contribution in [0, 0.1) is 0 Å². The highest BCUT2D eigenvalue weighted by Gasteiger charge is 2.28. The van der Waals surface area contributed by atoms with Crippen LogP contribution < -0.4 is 14.4 Å². The number of hydrogen-bond acceptors (Lipinski definition) is 6. The molecule has 29 heavy (non-hydrogen) atoms. The predicted molar refractivity (Wildman–Crippen MR) is 110 cm³/mol. The van der Waals surface area contributed by atoms with E-state index in [1.807, 2.05) is 6.92 Å². The van der Waals surface area contributed by atoms with Crippen molar-refractivity contribution < 1.29 is 27.5 Å². The molecule has 0 radical (unpaired) electrons. The van der Waals surface area contributed by atoms with Crippen LogP contribution in [-0.4, -0.2) is 40.1 Å². The zero-order valence-corrected chi connectivity index (χ0v) is 17.4. The molecule has 0 spiro atoms. The van der Waals surface area contributed by atoms with Gasteiger partial charge in [-0.1, -0.05) is 6.07 Å². The van der Waals surface area contributed by atoms with Crippen LogP contribution in [0.5, 0.6) is 5.75 Å². The van der Waals surface area contributed by atoms with Gasteiger partial charge in [-0.2, -0.15) is 0 Å². The Morgan fingerprint density at radius 2 is 1.72 bits per heavy atom. The lowest BCUT2D eigenvalue weighted by Gasteiger charge is -2.24. The van der Waals surface area contributed by atoms with Crippen molar-refractivity contribution in [1.29, 1.82) is 0 Å². The maximum atomic E-state index is 13.3. The van der Waals surface area contributed by atoms with Gasteiger partial charge < -0.3 is 14.8 Å². The van der Waals surface area contributed by atoms with Gasteiger partial charge in [0, 0.05) is 18.7 Å². The molecule has 0 unspecified atom stereocenters. The lowest BCUT2D eigenvalue weighted by Crippen LogP contribution is -2.36. The summed E-state index contributed by atoms with van der Waals surface area (Å²) in [6.45, 7) is 4.88. The summed E-state index contributed by atoms with van der Waals surface area (Å²) in [5.41, 5.74) is 0.738. The van der Waals surface area contributed by atoms with E-state index in [2.05, 4.69) is 5.32 Å². The SMILES string of the molecule is CCOC(=O)CN(c1cccc(OCC)c1)S(=O)(=O)c1ccc(NC(C)=O)cc1. The number of benzene rings is 2. The molecule has 156 valence electrons. The summed E-state index contributed by atoms with van der Waals surface area (Å²) < 4.78 is 37.9. The average Bonchev–Trinajstić information content (AvgIpc) is 2.67. The predicted octanol–water partition coefficient (Wildman–Crippen LogP) is 2.80. The Kier molecular flexibility index (Phi) is 7.60. The van der Waals surface area contributed by atoms with Gasteiger partial charge >= 0.3 is 5.97 Å². The zero-order valence-electron chi connectivity index (χ0n) is 16.5. The Balaban J connectivity index is 2.44. The Hall–Kier alpha value is -3.07. The third-order valence-electron chi connectivity index (χ3n) is 3.76. The van der Waals surface area contributed by atoms with Gasteiger partial charge in [0.2, 0.25) is 5.91 Å². The molecule has 0 atom stereocenters. The molecule has 1 N–H and O–H groups in total. The Morgan fingerprint density at radius 3 is 2.31 bits per heavy atom. The van der Waals surface area contributed by atoms with Crippen LogP contribution in [0.3, 0.4) is 0 Å². The second-order valence-electron chi connectivity index (χ2n) is 5.95. The van der Waals surface area contributed by atoms with Gasteiger partial charge in [0.25, 0.3) is 10.0 Å². The Morgan fingerprint density at radius 1 is 1.03 bits per heavy atom. The van der Waals surface area contributed by atoms with Crippen molar-refractivity contribution in [1.82, 2.24) is 0 Å². The molecular formula is C20H24N2O6S. The summed E-state index contributed by atoms with van der Waals surface area (Å²) in [7, 11) is -4.08. The highest BCUT2D eigenvalue weighted by atomic mass is 32.2. The summed E-state index contributed by atoms with van der Waals surface area (Å²) in [6.07, 6.45) is 0. The summed E-state index contributed by atoms with van der Waals surface area (Å²) >= 11 is 0. The van der Waals surface area contributed by atoms with Crippen LogP contribution >= 0.6 is 0 Å². The minimum absolute atomic E-state index is 0.0299. The van der Waals surface area contributed by atoms with Crippen molar-refractivity contribution in [3.8, 4) is 5.75 Å². The van der Waals surface area contributed by atoms with E-state index in [4.69, 9.17) is 9.47 Å². The first-order chi connectivity index (χ1) is 13.8. The summed E-state index contributed by atoms with van der Waals surface area (Å²) in [6, 6.07) is 12.2. The summed E-state index contributed by atoms with van der Waals surface area (Å²) in [4.78, 5) is 23.2. The smallest absolute Gasteiger partial charge is 0.326 e. The van der Waals surface area contributed by atoms with Crippen molar-refractivity contribution in [2.45, 2.75) is 25.7 Å². The van der Waals surface area contributed by atoms with Crippen LogP contribution in [0.4, 0.5) is 11.4 Å². The number of anilines is 2. The van der Waals surface area contributed by atoms with Gasteiger partial charge in [-0.05, 0) is 50.2 Å². The van der Waals surface area contributed by atoms with Gasteiger partial charge in [0.05, 0.1) is 23.8 Å². The van der Waals surface area contributed by atoms with Gasteiger partial charge in [0.1, 0.15) is 12.3 Å². The van der Waals surface area contributed by atoms with Crippen molar-refractivity contribution in [3.63, 3.8) is 0 Å². The van der Waals surface area contributed by atoms with Crippen molar-refractivity contribution in [3.05, 3.63) is 48.5 Å². The van der Waals surface area contributed by atoms with Gasteiger partial charge in [-0.3, -0.25) is 13.9 Å². The van der Waals surface area contributed by atoms with Gasteiger partial charge in [0.15, 0.2) is 0 Å². The minimum atomic E-state index is -4.08. The first kappa shape index (κ1) is 22.2. The molecule has 0 aliphatic carbocycles. The lowest BCUT2D eigenvalue weighted by molar-refractivity contribution is -0.141. The molecule has 9 heteroatoms. The number of esters is 1. The highest BCUT2D eigenvalue weighted by Crippen LogP contribution is 2.27. The maximum absolute atomic E-state index is 13.3. The Bertz CT molecular complexity index is 957. The lowest BCUT2D eigenvalue weighted by atomic mass is 10.3. The Labute approximate surface area is 170 Å². The van der Waals surface area contributed by atoms with E-state index < -0.39 is 22.5 Å². The molecule has 0 fully saturated rings. The second kappa shape index (κ2) is 9.92. The molecule has 0 aliphatic heterocycles. The fraction of sp³-hybridized carbons (Fsp3) is 0.300. The van der Waals surface area contributed by atoms with Crippen LogP contribution in [0.25, 0.3) is 0 Å². The standard InChI is InChI=1S/C20H24N2O6S/c1-4-27-18-8-6-7-17(13-18)22(14-20(24)28-5-2)29(25,26)19-11-9-16(10-12-19)21-15(3)23/h6-13H,4-5,14H2,1-3H3,(H,21,23). The molecule has 8 nitrogen and oxygen atoms in total. The number of amides is 1. The number of nitrogens with one attached hydrogen (secondary N) is 1. The van der Waals surface area contributed by atoms with Crippen LogP contribution in [0.1, 0.15) is 20.8 Å².